The molecule has 0 saturated heterocycles. The van der Waals surface area contributed by atoms with Gasteiger partial charge >= 0.3 is 0 Å². The van der Waals surface area contributed by atoms with Gasteiger partial charge in [0.25, 0.3) is 5.91 Å². The second-order valence-electron chi connectivity index (χ2n) is 5.48. The first kappa shape index (κ1) is 15.5. The first-order valence-corrected chi connectivity index (χ1v) is 7.82. The number of rotatable bonds is 3. The van der Waals surface area contributed by atoms with E-state index in [0.29, 0.717) is 33.8 Å². The molecule has 0 saturated carbocycles. The summed E-state index contributed by atoms with van der Waals surface area (Å²) in [6.45, 7) is 0. The number of carbonyl (C=O) groups excluding carboxylic acids is 1. The van der Waals surface area contributed by atoms with Crippen molar-refractivity contribution in [2.45, 2.75) is 0 Å². The predicted octanol–water partition coefficient (Wildman–Crippen LogP) is 2.92. The minimum atomic E-state index is -0.332. The van der Waals surface area contributed by atoms with Crippen LogP contribution in [0, 0.1) is 11.3 Å². The summed E-state index contributed by atoms with van der Waals surface area (Å²) < 4.78 is 1.47. The Bertz CT molecular complexity index is 1140. The Labute approximate surface area is 148 Å². The number of carbonyl (C=O) groups is 1. The highest BCUT2D eigenvalue weighted by atomic mass is 16.2. The lowest BCUT2D eigenvalue weighted by Gasteiger charge is -2.06. The van der Waals surface area contributed by atoms with Gasteiger partial charge in [-0.3, -0.25) is 9.78 Å². The summed E-state index contributed by atoms with van der Waals surface area (Å²) in [5.41, 5.74) is 3.28. The largest absolute Gasteiger partial charge is 0.320 e. The quantitative estimate of drug-likeness (QED) is 0.618. The summed E-state index contributed by atoms with van der Waals surface area (Å²) in [7, 11) is 0. The first-order chi connectivity index (χ1) is 12.8. The molecule has 0 unspecified atom stereocenters. The fourth-order valence-corrected chi connectivity index (χ4v) is 2.61. The average molecular weight is 340 g/mol. The van der Waals surface area contributed by atoms with Gasteiger partial charge in [-0.1, -0.05) is 18.2 Å². The van der Waals surface area contributed by atoms with E-state index in [9.17, 15) is 10.1 Å². The molecule has 0 fully saturated rings. The Balaban J connectivity index is 1.76. The Morgan fingerprint density at radius 3 is 2.69 bits per heavy atom. The van der Waals surface area contributed by atoms with Gasteiger partial charge in [0.1, 0.15) is 0 Å². The number of fused-ring (bicyclic) bond motifs is 1. The molecule has 0 atom stereocenters. The van der Waals surface area contributed by atoms with Crippen molar-refractivity contribution in [3.63, 3.8) is 0 Å². The maximum Gasteiger partial charge on any atom is 0.276 e. The summed E-state index contributed by atoms with van der Waals surface area (Å²) in [4.78, 5) is 20.7. The zero-order valence-corrected chi connectivity index (χ0v) is 13.5. The molecule has 0 bridgehead atoms. The van der Waals surface area contributed by atoms with E-state index in [-0.39, 0.29) is 5.91 Å². The number of anilines is 1. The molecule has 1 amide bonds. The van der Waals surface area contributed by atoms with Crippen LogP contribution in [0.4, 0.5) is 5.69 Å². The van der Waals surface area contributed by atoms with Crippen LogP contribution in [0.3, 0.4) is 0 Å². The second-order valence-corrected chi connectivity index (χ2v) is 5.48. The summed E-state index contributed by atoms with van der Waals surface area (Å²) in [6.07, 6.45) is 4.66. The van der Waals surface area contributed by atoms with Gasteiger partial charge in [0.2, 0.25) is 0 Å². The maximum absolute atomic E-state index is 12.6. The number of amides is 1. The van der Waals surface area contributed by atoms with E-state index in [1.165, 1.54) is 10.7 Å². The second kappa shape index (κ2) is 6.45. The summed E-state index contributed by atoms with van der Waals surface area (Å²) in [5.74, 6) is -0.332. The van der Waals surface area contributed by atoms with E-state index >= 15 is 0 Å². The van der Waals surface area contributed by atoms with Crippen LogP contribution in [0.15, 0.2) is 67.1 Å². The number of pyridine rings is 1. The molecule has 26 heavy (non-hydrogen) atoms. The van der Waals surface area contributed by atoms with Gasteiger partial charge in [0.15, 0.2) is 11.3 Å². The van der Waals surface area contributed by atoms with E-state index in [0.717, 1.165) is 0 Å². The average Bonchev–Trinajstić information content (AvgIpc) is 3.12. The van der Waals surface area contributed by atoms with Gasteiger partial charge in [-0.25, -0.2) is 9.50 Å². The molecule has 0 aliphatic heterocycles. The van der Waals surface area contributed by atoms with Crippen LogP contribution in [-0.2, 0) is 0 Å². The highest BCUT2D eigenvalue weighted by Gasteiger charge is 2.15. The molecule has 0 spiro atoms. The standard InChI is InChI=1S/C19H12N6O/c20-11-13-3-1-2-4-15(13)16-5-6-18-22-12-17(25(18)24-16)19(26)23-14-7-9-21-10-8-14/h1-10,12H,(H,21,23,26). The Morgan fingerprint density at radius 1 is 1.08 bits per heavy atom. The van der Waals surface area contributed by atoms with Crippen molar-refractivity contribution in [2.24, 2.45) is 0 Å². The lowest BCUT2D eigenvalue weighted by atomic mass is 10.1. The van der Waals surface area contributed by atoms with Crippen molar-refractivity contribution < 1.29 is 4.79 Å². The Kier molecular flexibility index (Phi) is 3.84. The molecule has 124 valence electrons. The van der Waals surface area contributed by atoms with Crippen molar-refractivity contribution in [3.05, 3.63) is 78.4 Å². The minimum Gasteiger partial charge on any atom is -0.320 e. The van der Waals surface area contributed by atoms with E-state index in [4.69, 9.17) is 0 Å². The molecule has 4 rings (SSSR count). The van der Waals surface area contributed by atoms with Gasteiger partial charge in [0.05, 0.1) is 23.5 Å². The smallest absolute Gasteiger partial charge is 0.276 e. The molecule has 3 heterocycles. The van der Waals surface area contributed by atoms with Crippen molar-refractivity contribution in [3.8, 4) is 17.3 Å². The molecule has 7 nitrogen and oxygen atoms in total. The highest BCUT2D eigenvalue weighted by molar-refractivity contribution is 6.03. The zero-order valence-electron chi connectivity index (χ0n) is 13.5. The van der Waals surface area contributed by atoms with E-state index in [2.05, 4.69) is 26.5 Å². The van der Waals surface area contributed by atoms with Crippen LogP contribution in [0.2, 0.25) is 0 Å². The predicted molar refractivity (Wildman–Crippen MR) is 95.3 cm³/mol. The molecule has 0 aliphatic rings. The van der Waals surface area contributed by atoms with Crippen molar-refractivity contribution >= 4 is 17.2 Å². The number of imidazole rings is 1. The molecule has 3 aromatic heterocycles. The van der Waals surface area contributed by atoms with Gasteiger partial charge in [-0.05, 0) is 30.3 Å². The Morgan fingerprint density at radius 2 is 1.88 bits per heavy atom. The molecule has 1 N–H and O–H groups in total. The van der Waals surface area contributed by atoms with Crippen molar-refractivity contribution in [1.29, 1.82) is 5.26 Å². The highest BCUT2D eigenvalue weighted by Crippen LogP contribution is 2.22. The fraction of sp³-hybridized carbons (Fsp3) is 0. The molecule has 7 heteroatoms. The van der Waals surface area contributed by atoms with E-state index in [1.54, 1.807) is 48.8 Å². The maximum atomic E-state index is 12.6. The Hall–Kier alpha value is -4.05. The van der Waals surface area contributed by atoms with Crippen LogP contribution in [-0.4, -0.2) is 25.5 Å². The monoisotopic (exact) mass is 340 g/mol. The summed E-state index contributed by atoms with van der Waals surface area (Å²) in [6, 6.07) is 16.3. The molecule has 0 radical (unpaired) electrons. The lowest BCUT2D eigenvalue weighted by molar-refractivity contribution is 0.102. The molecular formula is C19H12N6O. The minimum absolute atomic E-state index is 0.299. The first-order valence-electron chi connectivity index (χ1n) is 7.82. The summed E-state index contributed by atoms with van der Waals surface area (Å²) >= 11 is 0. The van der Waals surface area contributed by atoms with Gasteiger partial charge in [0, 0.05) is 23.6 Å². The molecule has 0 aliphatic carbocycles. The molecular weight excluding hydrogens is 328 g/mol. The summed E-state index contributed by atoms with van der Waals surface area (Å²) in [5, 5.41) is 16.6. The van der Waals surface area contributed by atoms with Crippen LogP contribution in [0.5, 0.6) is 0 Å². The number of nitriles is 1. The number of benzene rings is 1. The number of hydrogen-bond acceptors (Lipinski definition) is 5. The SMILES string of the molecule is N#Cc1ccccc1-c1ccc2ncc(C(=O)Nc3ccncc3)n2n1. The third-order valence-corrected chi connectivity index (χ3v) is 3.86. The van der Waals surface area contributed by atoms with Crippen LogP contribution in [0.25, 0.3) is 16.9 Å². The number of aromatic nitrogens is 4. The van der Waals surface area contributed by atoms with Crippen LogP contribution >= 0.6 is 0 Å². The third kappa shape index (κ3) is 2.76. The van der Waals surface area contributed by atoms with E-state index < -0.39 is 0 Å². The lowest BCUT2D eigenvalue weighted by Crippen LogP contribution is -2.15. The molecule has 4 aromatic rings. The topological polar surface area (TPSA) is 96.0 Å². The normalized spacial score (nSPS) is 10.4. The van der Waals surface area contributed by atoms with Crippen molar-refractivity contribution in [2.75, 3.05) is 5.32 Å². The van der Waals surface area contributed by atoms with E-state index in [1.807, 2.05) is 12.1 Å². The third-order valence-electron chi connectivity index (χ3n) is 3.86. The molecule has 1 aromatic carbocycles. The number of nitrogens with zero attached hydrogens (tertiary/aromatic N) is 5. The van der Waals surface area contributed by atoms with Crippen molar-refractivity contribution in [1.82, 2.24) is 19.6 Å². The van der Waals surface area contributed by atoms with Gasteiger partial charge < -0.3 is 5.32 Å². The van der Waals surface area contributed by atoms with Crippen LogP contribution < -0.4 is 5.32 Å². The zero-order chi connectivity index (χ0) is 17.9. The number of hydrogen-bond donors (Lipinski definition) is 1. The van der Waals surface area contributed by atoms with Crippen LogP contribution in [0.1, 0.15) is 16.1 Å². The van der Waals surface area contributed by atoms with Gasteiger partial charge in [-0.15, -0.1) is 0 Å². The fourth-order valence-electron chi connectivity index (χ4n) is 2.61. The van der Waals surface area contributed by atoms with Gasteiger partial charge in [-0.2, -0.15) is 10.4 Å². The number of nitrogens with one attached hydrogen (secondary N) is 1.